The van der Waals surface area contributed by atoms with E-state index in [1.807, 2.05) is 0 Å². The number of anilines is 1. The molecule has 0 saturated heterocycles. The fraction of sp³-hybridized carbons (Fsp3) is 0.158. The Morgan fingerprint density at radius 1 is 1.03 bits per heavy atom. The van der Waals surface area contributed by atoms with E-state index in [2.05, 4.69) is 15.2 Å². The van der Waals surface area contributed by atoms with Gasteiger partial charge in [0.25, 0.3) is 5.91 Å². The third-order valence-electron chi connectivity index (χ3n) is 4.02. The maximum absolute atomic E-state index is 12.9. The topological polar surface area (TPSA) is 56.1 Å². The Bertz CT molecular complexity index is 1060. The minimum atomic E-state index is -4.83. The summed E-state index contributed by atoms with van der Waals surface area (Å²) in [6.45, 7) is 1.50. The first-order chi connectivity index (χ1) is 13.9. The van der Waals surface area contributed by atoms with Gasteiger partial charge in [-0.25, -0.2) is 4.68 Å². The van der Waals surface area contributed by atoms with Crippen molar-refractivity contribution in [3.63, 3.8) is 0 Å². The monoisotopic (exact) mass is 429 g/mol. The van der Waals surface area contributed by atoms with Crippen LogP contribution in [0, 0.1) is 6.92 Å². The number of carbonyl (C=O) groups is 1. The fourth-order valence-electron chi connectivity index (χ4n) is 2.65. The van der Waals surface area contributed by atoms with Gasteiger partial charge in [-0.3, -0.25) is 4.79 Å². The molecule has 3 rings (SSSR count). The van der Waals surface area contributed by atoms with Crippen LogP contribution in [0.2, 0.25) is 0 Å². The molecule has 5 nitrogen and oxygen atoms in total. The van der Waals surface area contributed by atoms with Crippen LogP contribution in [-0.4, -0.2) is 22.1 Å². The minimum absolute atomic E-state index is 0.0861. The van der Waals surface area contributed by atoms with Gasteiger partial charge >= 0.3 is 12.5 Å². The molecule has 0 saturated carbocycles. The average molecular weight is 429 g/mol. The van der Waals surface area contributed by atoms with Crippen molar-refractivity contribution in [1.29, 1.82) is 0 Å². The van der Waals surface area contributed by atoms with Gasteiger partial charge in [0.15, 0.2) is 0 Å². The molecule has 1 heterocycles. The largest absolute Gasteiger partial charge is 0.573 e. The van der Waals surface area contributed by atoms with E-state index in [0.717, 1.165) is 24.3 Å². The SMILES string of the molecule is Cc1c(C(=O)Nc2ccc(OC(F)(F)F)cc2)cnn1-c1cccc(C(F)(F)F)c1. The van der Waals surface area contributed by atoms with Crippen LogP contribution in [0.4, 0.5) is 32.0 Å². The van der Waals surface area contributed by atoms with Crippen molar-refractivity contribution in [2.75, 3.05) is 5.32 Å². The average Bonchev–Trinajstić information content (AvgIpc) is 3.03. The minimum Gasteiger partial charge on any atom is -0.406 e. The molecule has 0 aliphatic heterocycles. The van der Waals surface area contributed by atoms with E-state index >= 15 is 0 Å². The van der Waals surface area contributed by atoms with E-state index in [9.17, 15) is 31.1 Å². The van der Waals surface area contributed by atoms with Gasteiger partial charge in [0.2, 0.25) is 0 Å². The van der Waals surface area contributed by atoms with Crippen LogP contribution in [-0.2, 0) is 6.18 Å². The number of hydrogen-bond donors (Lipinski definition) is 1. The van der Waals surface area contributed by atoms with Crippen LogP contribution >= 0.6 is 0 Å². The van der Waals surface area contributed by atoms with Gasteiger partial charge < -0.3 is 10.1 Å². The number of nitrogens with zero attached hydrogens (tertiary/aromatic N) is 2. The quantitative estimate of drug-likeness (QED) is 0.569. The van der Waals surface area contributed by atoms with Crippen molar-refractivity contribution < 1.29 is 35.9 Å². The van der Waals surface area contributed by atoms with E-state index in [0.29, 0.717) is 0 Å². The summed E-state index contributed by atoms with van der Waals surface area (Å²) in [5.41, 5.74) is -0.176. The molecule has 1 aromatic heterocycles. The summed E-state index contributed by atoms with van der Waals surface area (Å²) >= 11 is 0. The molecule has 3 aromatic rings. The first kappa shape index (κ1) is 21.2. The molecule has 0 bridgehead atoms. The standard InChI is InChI=1S/C19H13F6N3O2/c1-11-16(10-26-28(11)14-4-2-3-12(9-14)18(20,21)22)17(29)27-13-5-7-15(8-6-13)30-19(23,24)25/h2-10H,1H3,(H,27,29). The smallest absolute Gasteiger partial charge is 0.406 e. The Hall–Kier alpha value is -3.50. The predicted molar refractivity (Wildman–Crippen MR) is 94.4 cm³/mol. The number of amides is 1. The van der Waals surface area contributed by atoms with E-state index in [-0.39, 0.29) is 22.6 Å². The number of nitrogens with one attached hydrogen (secondary N) is 1. The lowest BCUT2D eigenvalue weighted by Gasteiger charge is -2.11. The molecule has 0 radical (unpaired) electrons. The Morgan fingerprint density at radius 2 is 1.70 bits per heavy atom. The summed E-state index contributed by atoms with van der Waals surface area (Å²) in [6.07, 6.45) is -8.18. The molecular weight excluding hydrogens is 416 g/mol. The molecule has 1 amide bonds. The summed E-state index contributed by atoms with van der Waals surface area (Å²) in [5, 5.41) is 6.45. The summed E-state index contributed by atoms with van der Waals surface area (Å²) in [5.74, 6) is -1.08. The summed E-state index contributed by atoms with van der Waals surface area (Å²) in [4.78, 5) is 12.5. The Labute approximate surface area is 165 Å². The van der Waals surface area contributed by atoms with Gasteiger partial charge in [0.05, 0.1) is 28.7 Å². The normalized spacial score (nSPS) is 12.0. The Morgan fingerprint density at radius 3 is 2.30 bits per heavy atom. The van der Waals surface area contributed by atoms with Gasteiger partial charge in [-0.1, -0.05) is 6.07 Å². The lowest BCUT2D eigenvalue weighted by Crippen LogP contribution is -2.17. The van der Waals surface area contributed by atoms with Gasteiger partial charge in [-0.05, 0) is 49.4 Å². The first-order valence-electron chi connectivity index (χ1n) is 8.33. The molecule has 0 spiro atoms. The van der Waals surface area contributed by atoms with Crippen LogP contribution < -0.4 is 10.1 Å². The Kier molecular flexibility index (Phi) is 5.47. The number of ether oxygens (including phenoxy) is 1. The molecule has 1 N–H and O–H groups in total. The maximum atomic E-state index is 12.9. The Balaban J connectivity index is 1.78. The van der Waals surface area contributed by atoms with Crippen LogP contribution in [0.25, 0.3) is 5.69 Å². The van der Waals surface area contributed by atoms with Gasteiger partial charge in [-0.15, -0.1) is 13.2 Å². The predicted octanol–water partition coefficient (Wildman–Crippen LogP) is 5.35. The number of alkyl halides is 6. The molecule has 0 fully saturated rings. The summed E-state index contributed by atoms with van der Waals surface area (Å²) < 4.78 is 80.2. The molecule has 158 valence electrons. The van der Waals surface area contributed by atoms with Gasteiger partial charge in [0, 0.05) is 5.69 Å². The second kappa shape index (κ2) is 7.73. The van der Waals surface area contributed by atoms with Crippen molar-refractivity contribution in [3.05, 3.63) is 71.5 Å². The molecule has 11 heteroatoms. The van der Waals surface area contributed by atoms with E-state index in [1.165, 1.54) is 42.1 Å². The molecular formula is C19H13F6N3O2. The molecule has 0 aliphatic carbocycles. The number of rotatable bonds is 4. The molecule has 0 unspecified atom stereocenters. The third kappa shape index (κ3) is 4.91. The number of halogens is 6. The maximum Gasteiger partial charge on any atom is 0.573 e. The van der Waals surface area contributed by atoms with E-state index in [4.69, 9.17) is 0 Å². The van der Waals surface area contributed by atoms with Gasteiger partial charge in [0.1, 0.15) is 5.75 Å². The summed E-state index contributed by atoms with van der Waals surface area (Å²) in [6, 6.07) is 8.95. The summed E-state index contributed by atoms with van der Waals surface area (Å²) in [7, 11) is 0. The van der Waals surface area contributed by atoms with Crippen molar-refractivity contribution in [2.24, 2.45) is 0 Å². The zero-order valence-corrected chi connectivity index (χ0v) is 15.2. The van der Waals surface area contributed by atoms with Gasteiger partial charge in [-0.2, -0.15) is 18.3 Å². The number of benzene rings is 2. The lowest BCUT2D eigenvalue weighted by atomic mass is 10.2. The van der Waals surface area contributed by atoms with Crippen molar-refractivity contribution in [3.8, 4) is 11.4 Å². The van der Waals surface area contributed by atoms with Crippen LogP contribution in [0.15, 0.2) is 54.7 Å². The van der Waals surface area contributed by atoms with Crippen LogP contribution in [0.5, 0.6) is 5.75 Å². The lowest BCUT2D eigenvalue weighted by molar-refractivity contribution is -0.274. The zero-order valence-electron chi connectivity index (χ0n) is 15.2. The molecule has 30 heavy (non-hydrogen) atoms. The first-order valence-corrected chi connectivity index (χ1v) is 8.33. The third-order valence-corrected chi connectivity index (χ3v) is 4.02. The fourth-order valence-corrected chi connectivity index (χ4v) is 2.65. The van der Waals surface area contributed by atoms with E-state index in [1.54, 1.807) is 0 Å². The highest BCUT2D eigenvalue weighted by molar-refractivity contribution is 6.05. The highest BCUT2D eigenvalue weighted by Gasteiger charge is 2.31. The molecule has 0 aliphatic rings. The molecule has 0 atom stereocenters. The number of hydrogen-bond acceptors (Lipinski definition) is 3. The second-order valence-corrected chi connectivity index (χ2v) is 6.13. The zero-order chi connectivity index (χ0) is 22.1. The highest BCUT2D eigenvalue weighted by atomic mass is 19.4. The molecule has 2 aromatic carbocycles. The number of carbonyl (C=O) groups excluding carboxylic acids is 1. The van der Waals surface area contributed by atoms with Crippen LogP contribution in [0.1, 0.15) is 21.6 Å². The van der Waals surface area contributed by atoms with Crippen molar-refractivity contribution in [1.82, 2.24) is 9.78 Å². The van der Waals surface area contributed by atoms with Crippen molar-refractivity contribution in [2.45, 2.75) is 19.5 Å². The van der Waals surface area contributed by atoms with Crippen LogP contribution in [0.3, 0.4) is 0 Å². The van der Waals surface area contributed by atoms with Crippen molar-refractivity contribution >= 4 is 11.6 Å². The highest BCUT2D eigenvalue weighted by Crippen LogP contribution is 2.30. The second-order valence-electron chi connectivity index (χ2n) is 6.13. The van der Waals surface area contributed by atoms with E-state index < -0.39 is 29.8 Å². The number of aromatic nitrogens is 2.